The molecule has 27 heavy (non-hydrogen) atoms. The molecule has 0 saturated carbocycles. The molecule has 7 heteroatoms. The van der Waals surface area contributed by atoms with Crippen LogP contribution in [0.4, 0.5) is 5.13 Å². The molecule has 1 N–H and O–H groups in total. The van der Waals surface area contributed by atoms with Crippen LogP contribution in [-0.2, 0) is 4.74 Å². The Morgan fingerprint density at radius 1 is 1.04 bits per heavy atom. The van der Waals surface area contributed by atoms with Crippen molar-refractivity contribution in [3.05, 3.63) is 65.2 Å². The number of anilines is 1. The van der Waals surface area contributed by atoms with Crippen molar-refractivity contribution < 1.29 is 4.74 Å². The highest BCUT2D eigenvalue weighted by atomic mass is 35.5. The van der Waals surface area contributed by atoms with Crippen LogP contribution in [0.3, 0.4) is 0 Å². The lowest BCUT2D eigenvalue weighted by molar-refractivity contribution is 0.0187. The summed E-state index contributed by atoms with van der Waals surface area (Å²) >= 11 is 8.06. The van der Waals surface area contributed by atoms with E-state index >= 15 is 0 Å². The third kappa shape index (κ3) is 4.47. The van der Waals surface area contributed by atoms with E-state index < -0.39 is 0 Å². The molecule has 5 nitrogen and oxygen atoms in total. The minimum atomic E-state index is 0.159. The molecule has 2 aromatic carbocycles. The molecule has 1 aliphatic rings. The molecule has 0 amide bonds. The van der Waals surface area contributed by atoms with Gasteiger partial charge in [-0.3, -0.25) is 4.90 Å². The van der Waals surface area contributed by atoms with Gasteiger partial charge in [-0.05, 0) is 11.6 Å². The maximum absolute atomic E-state index is 6.49. The lowest BCUT2D eigenvalue weighted by Crippen LogP contribution is -2.41. The molecule has 1 aliphatic heterocycles. The second-order valence-electron chi connectivity index (χ2n) is 6.34. The van der Waals surface area contributed by atoms with Gasteiger partial charge in [0.2, 0.25) is 5.13 Å². The van der Waals surface area contributed by atoms with Gasteiger partial charge in [0.1, 0.15) is 5.01 Å². The molecule has 1 aromatic heterocycles. The number of halogens is 1. The van der Waals surface area contributed by atoms with Gasteiger partial charge in [-0.2, -0.15) is 0 Å². The van der Waals surface area contributed by atoms with E-state index in [1.54, 1.807) is 11.3 Å². The van der Waals surface area contributed by atoms with Gasteiger partial charge < -0.3 is 10.1 Å². The van der Waals surface area contributed by atoms with Crippen LogP contribution in [0.2, 0.25) is 5.02 Å². The fourth-order valence-electron chi connectivity index (χ4n) is 3.25. The first-order valence-electron chi connectivity index (χ1n) is 9.00. The Hall–Kier alpha value is -1.99. The van der Waals surface area contributed by atoms with E-state index in [1.165, 1.54) is 0 Å². The first-order chi connectivity index (χ1) is 13.3. The molecular weight excluding hydrogens is 380 g/mol. The van der Waals surface area contributed by atoms with Gasteiger partial charge in [-0.25, -0.2) is 0 Å². The van der Waals surface area contributed by atoms with Crippen LogP contribution >= 0.6 is 22.9 Å². The predicted molar refractivity (Wildman–Crippen MR) is 110 cm³/mol. The number of hydrogen-bond donors (Lipinski definition) is 1. The van der Waals surface area contributed by atoms with Crippen molar-refractivity contribution in [3.8, 4) is 10.6 Å². The van der Waals surface area contributed by atoms with E-state index in [0.29, 0.717) is 6.54 Å². The number of morpholine rings is 1. The predicted octanol–water partition coefficient (Wildman–Crippen LogP) is 4.34. The molecule has 2 heterocycles. The number of nitrogens with one attached hydrogen (secondary N) is 1. The summed E-state index contributed by atoms with van der Waals surface area (Å²) in [7, 11) is 0. The smallest absolute Gasteiger partial charge is 0.206 e. The van der Waals surface area contributed by atoms with Crippen LogP contribution in [0.25, 0.3) is 10.6 Å². The molecule has 3 aromatic rings. The third-order valence-corrected chi connectivity index (χ3v) is 5.92. The van der Waals surface area contributed by atoms with Gasteiger partial charge in [-0.1, -0.05) is 71.5 Å². The molecule has 0 aliphatic carbocycles. The fraction of sp³-hybridized carbons (Fsp3) is 0.300. The Kier molecular flexibility index (Phi) is 5.99. The molecule has 0 radical (unpaired) electrons. The molecule has 1 unspecified atom stereocenters. The Balaban J connectivity index is 1.50. The average molecular weight is 401 g/mol. The molecule has 0 bridgehead atoms. The standard InChI is InChI=1S/C20H21ClN4OS/c21-17-9-5-4-8-16(17)18(25-10-12-26-13-11-25)14-22-20-24-23-19(27-20)15-6-2-1-3-7-15/h1-9,18H,10-14H2,(H,22,24). The lowest BCUT2D eigenvalue weighted by atomic mass is 10.0. The number of nitrogens with zero attached hydrogens (tertiary/aromatic N) is 3. The van der Waals surface area contributed by atoms with E-state index in [-0.39, 0.29) is 6.04 Å². The topological polar surface area (TPSA) is 50.3 Å². The SMILES string of the molecule is Clc1ccccc1C(CNc1nnc(-c2ccccc2)s1)N1CCOCC1. The monoisotopic (exact) mass is 400 g/mol. The second-order valence-corrected chi connectivity index (χ2v) is 7.73. The molecule has 4 rings (SSSR count). The summed E-state index contributed by atoms with van der Waals surface area (Å²) in [5, 5.41) is 14.6. The molecule has 140 valence electrons. The summed E-state index contributed by atoms with van der Waals surface area (Å²) in [6.45, 7) is 3.99. The Labute approximate surface area is 168 Å². The Bertz CT molecular complexity index is 867. The Morgan fingerprint density at radius 3 is 2.56 bits per heavy atom. The zero-order valence-corrected chi connectivity index (χ0v) is 16.4. The quantitative estimate of drug-likeness (QED) is 0.666. The molecule has 1 saturated heterocycles. The highest BCUT2D eigenvalue weighted by Crippen LogP contribution is 2.30. The second kappa shape index (κ2) is 8.80. The third-order valence-electron chi connectivity index (χ3n) is 4.64. The van der Waals surface area contributed by atoms with Gasteiger partial charge in [-0.15, -0.1) is 10.2 Å². The minimum absolute atomic E-state index is 0.159. The van der Waals surface area contributed by atoms with Crippen LogP contribution in [0.5, 0.6) is 0 Å². The van der Waals surface area contributed by atoms with E-state index in [9.17, 15) is 0 Å². The number of hydrogen-bond acceptors (Lipinski definition) is 6. The zero-order chi connectivity index (χ0) is 18.5. The summed E-state index contributed by atoms with van der Waals surface area (Å²) in [5.74, 6) is 0. The normalized spacial score (nSPS) is 16.2. The highest BCUT2D eigenvalue weighted by molar-refractivity contribution is 7.18. The fourth-order valence-corrected chi connectivity index (χ4v) is 4.26. The van der Waals surface area contributed by atoms with Crippen molar-refractivity contribution >= 4 is 28.1 Å². The number of rotatable bonds is 6. The number of benzene rings is 2. The van der Waals surface area contributed by atoms with Crippen molar-refractivity contribution in [1.29, 1.82) is 0 Å². The summed E-state index contributed by atoms with van der Waals surface area (Å²) in [6.07, 6.45) is 0. The van der Waals surface area contributed by atoms with Gasteiger partial charge in [0.25, 0.3) is 0 Å². The van der Waals surface area contributed by atoms with Gasteiger partial charge in [0.15, 0.2) is 0 Å². The molecule has 1 atom stereocenters. The molecular formula is C20H21ClN4OS. The zero-order valence-electron chi connectivity index (χ0n) is 14.8. The van der Waals surface area contributed by atoms with Crippen molar-refractivity contribution in [3.63, 3.8) is 0 Å². The van der Waals surface area contributed by atoms with Crippen LogP contribution < -0.4 is 5.32 Å². The van der Waals surface area contributed by atoms with Gasteiger partial charge in [0.05, 0.1) is 19.3 Å². The minimum Gasteiger partial charge on any atom is -0.379 e. The van der Waals surface area contributed by atoms with Crippen molar-refractivity contribution in [1.82, 2.24) is 15.1 Å². The van der Waals surface area contributed by atoms with E-state index in [1.807, 2.05) is 48.5 Å². The number of aromatic nitrogens is 2. The van der Waals surface area contributed by atoms with E-state index in [4.69, 9.17) is 16.3 Å². The van der Waals surface area contributed by atoms with Crippen molar-refractivity contribution in [2.24, 2.45) is 0 Å². The average Bonchev–Trinajstić information content (AvgIpc) is 3.20. The summed E-state index contributed by atoms with van der Waals surface area (Å²) in [4.78, 5) is 2.41. The largest absolute Gasteiger partial charge is 0.379 e. The van der Waals surface area contributed by atoms with Crippen molar-refractivity contribution in [2.45, 2.75) is 6.04 Å². The molecule has 1 fully saturated rings. The highest BCUT2D eigenvalue weighted by Gasteiger charge is 2.24. The number of ether oxygens (including phenoxy) is 1. The van der Waals surface area contributed by atoms with Gasteiger partial charge in [0, 0.05) is 30.2 Å². The Morgan fingerprint density at radius 2 is 1.78 bits per heavy atom. The first-order valence-corrected chi connectivity index (χ1v) is 10.2. The first kappa shape index (κ1) is 18.4. The van der Waals surface area contributed by atoms with Crippen LogP contribution in [0.15, 0.2) is 54.6 Å². The van der Waals surface area contributed by atoms with E-state index in [2.05, 4.69) is 26.5 Å². The maximum Gasteiger partial charge on any atom is 0.206 e. The summed E-state index contributed by atoms with van der Waals surface area (Å²) in [5.41, 5.74) is 2.21. The summed E-state index contributed by atoms with van der Waals surface area (Å²) in [6, 6.07) is 18.3. The van der Waals surface area contributed by atoms with Crippen LogP contribution in [-0.4, -0.2) is 47.9 Å². The molecule has 0 spiro atoms. The van der Waals surface area contributed by atoms with E-state index in [0.717, 1.165) is 52.6 Å². The lowest BCUT2D eigenvalue weighted by Gasteiger charge is -2.35. The van der Waals surface area contributed by atoms with Crippen LogP contribution in [0.1, 0.15) is 11.6 Å². The van der Waals surface area contributed by atoms with Gasteiger partial charge >= 0.3 is 0 Å². The van der Waals surface area contributed by atoms with Crippen molar-refractivity contribution in [2.75, 3.05) is 38.2 Å². The summed E-state index contributed by atoms with van der Waals surface area (Å²) < 4.78 is 5.52. The maximum atomic E-state index is 6.49. The van der Waals surface area contributed by atoms with Crippen LogP contribution in [0, 0.1) is 0 Å².